The molecule has 0 aliphatic rings. The molecule has 0 aliphatic carbocycles. The number of aromatic hydroxyl groups is 1. The number of phenolic OH excluding ortho intramolecular Hbond substituents is 1. The Kier molecular flexibility index (Phi) is 2.51. The number of aromatic nitrogens is 1. The molecule has 1 aromatic heterocycles. The standard InChI is InChI=1S/C11H10N2O3/c12-10-9(4-5-13-10)11(15)16-8-3-1-2-7(14)6-8/h1-6,13-14H,12H2. The summed E-state index contributed by atoms with van der Waals surface area (Å²) in [5.41, 5.74) is 5.79. The second kappa shape index (κ2) is 3.98. The van der Waals surface area contributed by atoms with Gasteiger partial charge in [0, 0.05) is 12.3 Å². The number of phenols is 1. The zero-order valence-electron chi connectivity index (χ0n) is 8.31. The van der Waals surface area contributed by atoms with Crippen molar-refractivity contribution in [1.82, 2.24) is 4.98 Å². The van der Waals surface area contributed by atoms with E-state index in [1.807, 2.05) is 0 Å². The average Bonchev–Trinajstić information content (AvgIpc) is 2.64. The van der Waals surface area contributed by atoms with E-state index in [0.717, 1.165) is 0 Å². The molecule has 0 amide bonds. The number of nitrogen functional groups attached to an aromatic ring is 1. The highest BCUT2D eigenvalue weighted by Gasteiger charge is 2.12. The molecule has 1 aromatic carbocycles. The van der Waals surface area contributed by atoms with Crippen molar-refractivity contribution in [2.24, 2.45) is 0 Å². The van der Waals surface area contributed by atoms with Gasteiger partial charge in [-0.1, -0.05) is 6.07 Å². The molecule has 0 spiro atoms. The predicted octanol–water partition coefficient (Wildman–Crippen LogP) is 1.52. The fourth-order valence-corrected chi connectivity index (χ4v) is 1.27. The third-order valence-corrected chi connectivity index (χ3v) is 2.03. The van der Waals surface area contributed by atoms with Crippen LogP contribution in [0.4, 0.5) is 5.82 Å². The van der Waals surface area contributed by atoms with Gasteiger partial charge in [0.1, 0.15) is 22.9 Å². The first-order valence-corrected chi connectivity index (χ1v) is 4.61. The average molecular weight is 218 g/mol. The van der Waals surface area contributed by atoms with Crippen LogP contribution in [0.15, 0.2) is 36.5 Å². The largest absolute Gasteiger partial charge is 0.508 e. The molecule has 16 heavy (non-hydrogen) atoms. The van der Waals surface area contributed by atoms with E-state index in [4.69, 9.17) is 10.5 Å². The summed E-state index contributed by atoms with van der Waals surface area (Å²) in [6.07, 6.45) is 1.55. The maximum atomic E-state index is 11.6. The van der Waals surface area contributed by atoms with E-state index in [1.165, 1.54) is 18.2 Å². The number of benzene rings is 1. The van der Waals surface area contributed by atoms with Crippen molar-refractivity contribution in [2.45, 2.75) is 0 Å². The first-order valence-electron chi connectivity index (χ1n) is 4.61. The lowest BCUT2D eigenvalue weighted by Gasteiger charge is -2.03. The summed E-state index contributed by atoms with van der Waals surface area (Å²) < 4.78 is 5.02. The molecule has 4 N–H and O–H groups in total. The summed E-state index contributed by atoms with van der Waals surface area (Å²) >= 11 is 0. The molecule has 0 aliphatic heterocycles. The number of aromatic amines is 1. The minimum atomic E-state index is -0.565. The number of nitrogens with one attached hydrogen (secondary N) is 1. The maximum Gasteiger partial charge on any atom is 0.347 e. The van der Waals surface area contributed by atoms with E-state index in [1.54, 1.807) is 18.3 Å². The number of carbonyl (C=O) groups is 1. The molecule has 5 nitrogen and oxygen atoms in total. The molecule has 0 saturated heterocycles. The molecule has 1 heterocycles. The number of rotatable bonds is 2. The maximum absolute atomic E-state index is 11.6. The minimum Gasteiger partial charge on any atom is -0.508 e. The lowest BCUT2D eigenvalue weighted by molar-refractivity contribution is 0.0736. The Hall–Kier alpha value is -2.43. The van der Waals surface area contributed by atoms with E-state index in [9.17, 15) is 9.90 Å². The van der Waals surface area contributed by atoms with Gasteiger partial charge in [0.25, 0.3) is 0 Å². The van der Waals surface area contributed by atoms with Crippen LogP contribution < -0.4 is 10.5 Å². The van der Waals surface area contributed by atoms with Crippen molar-refractivity contribution in [1.29, 1.82) is 0 Å². The van der Waals surface area contributed by atoms with Crippen LogP contribution in [0.3, 0.4) is 0 Å². The zero-order chi connectivity index (χ0) is 11.5. The van der Waals surface area contributed by atoms with Gasteiger partial charge in [-0.25, -0.2) is 4.79 Å². The van der Waals surface area contributed by atoms with Gasteiger partial charge in [-0.15, -0.1) is 0 Å². The first kappa shape index (κ1) is 10.1. The fourth-order valence-electron chi connectivity index (χ4n) is 1.27. The highest BCUT2D eigenvalue weighted by atomic mass is 16.5. The van der Waals surface area contributed by atoms with Crippen molar-refractivity contribution in [3.63, 3.8) is 0 Å². The third-order valence-electron chi connectivity index (χ3n) is 2.03. The lowest BCUT2D eigenvalue weighted by Crippen LogP contribution is -2.09. The SMILES string of the molecule is Nc1[nH]ccc1C(=O)Oc1cccc(O)c1. The van der Waals surface area contributed by atoms with Crippen LogP contribution in [0.25, 0.3) is 0 Å². The Morgan fingerprint density at radius 2 is 2.19 bits per heavy atom. The number of H-pyrrole nitrogens is 1. The second-order valence-electron chi connectivity index (χ2n) is 3.19. The monoisotopic (exact) mass is 218 g/mol. The van der Waals surface area contributed by atoms with Gasteiger partial charge in [-0.3, -0.25) is 0 Å². The fraction of sp³-hybridized carbons (Fsp3) is 0. The van der Waals surface area contributed by atoms with Crippen LogP contribution in [0.2, 0.25) is 0 Å². The molecule has 0 atom stereocenters. The van der Waals surface area contributed by atoms with Gasteiger partial charge >= 0.3 is 5.97 Å². The predicted molar refractivity (Wildman–Crippen MR) is 58.3 cm³/mol. The molecular formula is C11H10N2O3. The van der Waals surface area contributed by atoms with Gasteiger partial charge in [0.15, 0.2) is 0 Å². The lowest BCUT2D eigenvalue weighted by atomic mass is 10.3. The van der Waals surface area contributed by atoms with E-state index in [-0.39, 0.29) is 22.9 Å². The molecule has 0 saturated carbocycles. The number of esters is 1. The van der Waals surface area contributed by atoms with Crippen LogP contribution in [0.1, 0.15) is 10.4 Å². The highest BCUT2D eigenvalue weighted by molar-refractivity contribution is 5.95. The van der Waals surface area contributed by atoms with Crippen LogP contribution in [0.5, 0.6) is 11.5 Å². The van der Waals surface area contributed by atoms with Gasteiger partial charge in [0.2, 0.25) is 0 Å². The molecule has 0 fully saturated rings. The summed E-state index contributed by atoms with van der Waals surface area (Å²) in [4.78, 5) is 14.3. The van der Waals surface area contributed by atoms with Crippen LogP contribution in [0, 0.1) is 0 Å². The van der Waals surface area contributed by atoms with Crippen molar-refractivity contribution >= 4 is 11.8 Å². The van der Waals surface area contributed by atoms with Crippen molar-refractivity contribution in [3.05, 3.63) is 42.1 Å². The minimum absolute atomic E-state index is 0.0346. The van der Waals surface area contributed by atoms with Gasteiger partial charge in [-0.2, -0.15) is 0 Å². The van der Waals surface area contributed by atoms with Crippen molar-refractivity contribution < 1.29 is 14.6 Å². The van der Waals surface area contributed by atoms with Gasteiger partial charge in [0.05, 0.1) is 0 Å². The Morgan fingerprint density at radius 1 is 1.38 bits per heavy atom. The summed E-state index contributed by atoms with van der Waals surface area (Å²) in [5, 5.41) is 9.19. The summed E-state index contributed by atoms with van der Waals surface area (Å²) in [6.45, 7) is 0. The number of hydrogen-bond donors (Lipinski definition) is 3. The molecule has 0 unspecified atom stereocenters. The Morgan fingerprint density at radius 3 is 2.81 bits per heavy atom. The zero-order valence-corrected chi connectivity index (χ0v) is 8.31. The quantitative estimate of drug-likeness (QED) is 0.526. The third kappa shape index (κ3) is 1.98. The van der Waals surface area contributed by atoms with E-state index >= 15 is 0 Å². The molecule has 0 radical (unpaired) electrons. The molecular weight excluding hydrogens is 208 g/mol. The van der Waals surface area contributed by atoms with Crippen molar-refractivity contribution in [2.75, 3.05) is 5.73 Å². The summed E-state index contributed by atoms with van der Waals surface area (Å²) in [6, 6.07) is 7.52. The Balaban J connectivity index is 2.17. The Labute approximate surface area is 91.5 Å². The molecule has 5 heteroatoms. The van der Waals surface area contributed by atoms with E-state index in [0.29, 0.717) is 0 Å². The molecule has 2 rings (SSSR count). The number of ether oxygens (including phenoxy) is 1. The second-order valence-corrected chi connectivity index (χ2v) is 3.19. The molecule has 0 bridgehead atoms. The number of anilines is 1. The highest BCUT2D eigenvalue weighted by Crippen LogP contribution is 2.19. The van der Waals surface area contributed by atoms with Gasteiger partial charge in [-0.05, 0) is 18.2 Å². The topological polar surface area (TPSA) is 88.3 Å². The normalized spacial score (nSPS) is 10.0. The summed E-state index contributed by atoms with van der Waals surface area (Å²) in [5.74, 6) is -0.00700. The Bertz CT molecular complexity index is 519. The van der Waals surface area contributed by atoms with E-state index < -0.39 is 5.97 Å². The smallest absolute Gasteiger partial charge is 0.347 e. The van der Waals surface area contributed by atoms with Crippen LogP contribution >= 0.6 is 0 Å². The molecule has 82 valence electrons. The van der Waals surface area contributed by atoms with Crippen LogP contribution in [-0.4, -0.2) is 16.1 Å². The van der Waals surface area contributed by atoms with Crippen molar-refractivity contribution in [3.8, 4) is 11.5 Å². The number of carbonyl (C=O) groups excluding carboxylic acids is 1. The number of nitrogens with two attached hydrogens (primary N) is 1. The van der Waals surface area contributed by atoms with Crippen LogP contribution in [-0.2, 0) is 0 Å². The molecule has 2 aromatic rings. The van der Waals surface area contributed by atoms with E-state index in [2.05, 4.69) is 4.98 Å². The van der Waals surface area contributed by atoms with Gasteiger partial charge < -0.3 is 20.6 Å². The first-order chi connectivity index (χ1) is 7.66. The number of hydrogen-bond acceptors (Lipinski definition) is 4. The summed E-state index contributed by atoms with van der Waals surface area (Å²) in [7, 11) is 0.